The Labute approximate surface area is 203 Å². The number of hydrogen-bond acceptors (Lipinski definition) is 8. The molecule has 2 amide bonds. The van der Waals surface area contributed by atoms with Crippen molar-refractivity contribution in [2.45, 2.75) is 18.9 Å². The fourth-order valence-electron chi connectivity index (χ4n) is 4.82. The van der Waals surface area contributed by atoms with Crippen molar-refractivity contribution in [3.63, 3.8) is 0 Å². The number of anilines is 1. The Bertz CT molecular complexity index is 997. The van der Waals surface area contributed by atoms with Crippen LogP contribution in [0.2, 0.25) is 0 Å². The molecule has 0 spiro atoms. The third-order valence-corrected chi connectivity index (χ3v) is 6.78. The minimum atomic E-state index is -0.660. The zero-order valence-corrected chi connectivity index (χ0v) is 19.8. The first-order valence-corrected chi connectivity index (χ1v) is 12.0. The molecule has 2 N–H and O–H groups in total. The van der Waals surface area contributed by atoms with Gasteiger partial charge in [-0.1, -0.05) is 0 Å². The summed E-state index contributed by atoms with van der Waals surface area (Å²) in [6, 6.07) is 2.22. The number of nitrogens with zero attached hydrogens (tertiary/aromatic N) is 6. The molecule has 0 atom stereocenters. The van der Waals surface area contributed by atoms with Gasteiger partial charge in [-0.05, 0) is 12.8 Å². The first-order chi connectivity index (χ1) is 16.9. The molecule has 190 valence electrons. The second kappa shape index (κ2) is 9.86. The first kappa shape index (κ1) is 23.6. The van der Waals surface area contributed by atoms with Crippen LogP contribution in [0.25, 0.3) is 0 Å². The second-order valence-electron chi connectivity index (χ2n) is 9.31. The van der Waals surface area contributed by atoms with Crippen LogP contribution in [0, 0.1) is 11.6 Å². The molecule has 0 saturated carbocycles. The molecule has 0 bridgehead atoms. The van der Waals surface area contributed by atoms with Crippen molar-refractivity contribution < 1.29 is 23.4 Å². The van der Waals surface area contributed by atoms with Crippen LogP contribution in [0.3, 0.4) is 0 Å². The molecule has 0 unspecified atom stereocenters. The number of fused-ring (bicyclic) bond motifs is 1. The van der Waals surface area contributed by atoms with Crippen LogP contribution in [0.4, 0.5) is 19.3 Å². The van der Waals surface area contributed by atoms with Crippen LogP contribution in [-0.2, 0) is 0 Å². The van der Waals surface area contributed by atoms with Crippen LogP contribution < -0.4 is 15.0 Å². The number of rotatable bonds is 5. The zero-order chi connectivity index (χ0) is 24.5. The van der Waals surface area contributed by atoms with Crippen LogP contribution in [0.1, 0.15) is 12.8 Å². The van der Waals surface area contributed by atoms with E-state index in [4.69, 9.17) is 4.74 Å². The number of ether oxygens (including phenoxy) is 1. The molecule has 2 fully saturated rings. The summed E-state index contributed by atoms with van der Waals surface area (Å²) in [5.74, 6) is -0.113. The van der Waals surface area contributed by atoms with Gasteiger partial charge in [0.2, 0.25) is 5.96 Å². The van der Waals surface area contributed by atoms with Gasteiger partial charge < -0.3 is 24.5 Å². The van der Waals surface area contributed by atoms with E-state index in [1.165, 1.54) is 12.1 Å². The van der Waals surface area contributed by atoms with Gasteiger partial charge in [-0.2, -0.15) is 4.99 Å². The van der Waals surface area contributed by atoms with Crippen LogP contribution in [0.15, 0.2) is 29.1 Å². The van der Waals surface area contributed by atoms with E-state index in [0.717, 1.165) is 25.9 Å². The Morgan fingerprint density at radius 1 is 1.09 bits per heavy atom. The van der Waals surface area contributed by atoms with Crippen molar-refractivity contribution in [3.05, 3.63) is 35.8 Å². The standard InChI is InChI=1S/C23H31F2N7O3/c1-28-14-20-26-22(27-23(34)32(20)15-28)31-8-6-30(7-9-31)21-18(24)12-17(13-19(21)25)35-11-10-29-4-2-16(33)3-5-29/h12-14,16,33H,2-11,15H2,1H3,(H,26,27,34). The van der Waals surface area contributed by atoms with Gasteiger partial charge in [-0.15, -0.1) is 0 Å². The second-order valence-corrected chi connectivity index (χ2v) is 9.31. The molecule has 4 aliphatic heterocycles. The van der Waals surface area contributed by atoms with Crippen molar-refractivity contribution in [2.75, 3.05) is 71.0 Å². The van der Waals surface area contributed by atoms with Gasteiger partial charge in [0.05, 0.1) is 6.10 Å². The monoisotopic (exact) mass is 491 g/mol. The number of amides is 2. The summed E-state index contributed by atoms with van der Waals surface area (Å²) >= 11 is 0. The number of likely N-dealkylation sites (tertiary alicyclic amines) is 1. The van der Waals surface area contributed by atoms with Gasteiger partial charge in [0.15, 0.2) is 17.5 Å². The maximum absolute atomic E-state index is 14.9. The van der Waals surface area contributed by atoms with Gasteiger partial charge in [0.25, 0.3) is 0 Å². The number of carbonyl (C=O) groups excluding carboxylic acids is 1. The molecular formula is C23H31F2N7O3. The summed E-state index contributed by atoms with van der Waals surface area (Å²) in [5.41, 5.74) is -0.0667. The Hall–Kier alpha value is -3.12. The van der Waals surface area contributed by atoms with Gasteiger partial charge in [-0.3, -0.25) is 15.1 Å². The zero-order valence-electron chi connectivity index (χ0n) is 19.8. The molecular weight excluding hydrogens is 460 g/mol. The number of urea groups is 1. The highest BCUT2D eigenvalue weighted by Gasteiger charge is 2.33. The average molecular weight is 492 g/mol. The molecule has 12 heteroatoms. The summed E-state index contributed by atoms with van der Waals surface area (Å²) in [6.45, 7) is 4.69. The minimum Gasteiger partial charge on any atom is -0.492 e. The van der Waals surface area contributed by atoms with E-state index in [-0.39, 0.29) is 23.6 Å². The van der Waals surface area contributed by atoms with E-state index in [0.29, 0.717) is 57.8 Å². The number of nitrogens with one attached hydrogen (secondary N) is 1. The Morgan fingerprint density at radius 3 is 2.43 bits per heavy atom. The number of piperazine rings is 1. The summed E-state index contributed by atoms with van der Waals surface area (Å²) in [4.78, 5) is 26.1. The van der Waals surface area contributed by atoms with Crippen molar-refractivity contribution in [1.29, 1.82) is 0 Å². The maximum atomic E-state index is 14.9. The highest BCUT2D eigenvalue weighted by Crippen LogP contribution is 2.29. The third-order valence-electron chi connectivity index (χ3n) is 6.78. The SMILES string of the molecule is CN1C=C2N=C(N3CCN(c4c(F)cc(OCCN5CCC(O)CC5)cc4F)CC3)NC(=O)N2C1. The van der Waals surface area contributed by atoms with E-state index >= 15 is 0 Å². The van der Waals surface area contributed by atoms with Gasteiger partial charge in [-0.25, -0.2) is 13.6 Å². The topological polar surface area (TPSA) is 87.1 Å². The first-order valence-electron chi connectivity index (χ1n) is 12.0. The Balaban J connectivity index is 1.16. The lowest BCUT2D eigenvalue weighted by Crippen LogP contribution is -2.57. The average Bonchev–Trinajstić information content (AvgIpc) is 3.21. The van der Waals surface area contributed by atoms with Crippen molar-refractivity contribution in [1.82, 2.24) is 24.9 Å². The molecule has 5 rings (SSSR count). The number of halogens is 2. The van der Waals surface area contributed by atoms with Gasteiger partial charge in [0, 0.05) is 71.2 Å². The maximum Gasteiger partial charge on any atom is 0.331 e. The van der Waals surface area contributed by atoms with Crippen LogP contribution >= 0.6 is 0 Å². The predicted octanol–water partition coefficient (Wildman–Crippen LogP) is 1.01. The van der Waals surface area contributed by atoms with Crippen molar-refractivity contribution >= 4 is 17.7 Å². The lowest BCUT2D eigenvalue weighted by Gasteiger charge is -2.39. The molecule has 0 radical (unpaired) electrons. The normalized spacial score (nSPS) is 21.7. The van der Waals surface area contributed by atoms with Crippen molar-refractivity contribution in [2.24, 2.45) is 4.99 Å². The number of aliphatic imine (C=N–C) groups is 1. The summed E-state index contributed by atoms with van der Waals surface area (Å²) in [6.07, 6.45) is 3.04. The number of carbonyl (C=O) groups is 1. The number of aliphatic hydroxyl groups excluding tert-OH is 1. The van der Waals surface area contributed by atoms with Crippen LogP contribution in [-0.4, -0.2) is 109 Å². The molecule has 4 heterocycles. The van der Waals surface area contributed by atoms with E-state index in [1.807, 2.05) is 16.8 Å². The lowest BCUT2D eigenvalue weighted by atomic mass is 10.1. The Kier molecular flexibility index (Phi) is 6.65. The molecule has 35 heavy (non-hydrogen) atoms. The summed E-state index contributed by atoms with van der Waals surface area (Å²) in [7, 11) is 1.87. The summed E-state index contributed by atoms with van der Waals surface area (Å²) < 4.78 is 35.4. The highest BCUT2D eigenvalue weighted by molar-refractivity contribution is 5.99. The third kappa shape index (κ3) is 5.13. The number of hydrogen-bond donors (Lipinski definition) is 2. The molecule has 0 aliphatic carbocycles. The highest BCUT2D eigenvalue weighted by atomic mass is 19.1. The van der Waals surface area contributed by atoms with E-state index in [2.05, 4.69) is 15.2 Å². The largest absolute Gasteiger partial charge is 0.492 e. The molecule has 10 nitrogen and oxygen atoms in total. The Morgan fingerprint density at radius 2 is 1.74 bits per heavy atom. The summed E-state index contributed by atoms with van der Waals surface area (Å²) in [5, 5.41) is 12.4. The van der Waals surface area contributed by atoms with Gasteiger partial charge in [0.1, 0.15) is 24.7 Å². The van der Waals surface area contributed by atoms with Crippen LogP contribution in [0.5, 0.6) is 5.75 Å². The quantitative estimate of drug-likeness (QED) is 0.636. The van der Waals surface area contributed by atoms with Crippen molar-refractivity contribution in [3.8, 4) is 5.75 Å². The predicted molar refractivity (Wildman–Crippen MR) is 126 cm³/mol. The number of aliphatic hydroxyl groups is 1. The smallest absolute Gasteiger partial charge is 0.331 e. The fourth-order valence-corrected chi connectivity index (χ4v) is 4.82. The number of benzene rings is 1. The lowest BCUT2D eigenvalue weighted by molar-refractivity contribution is 0.0754. The minimum absolute atomic E-state index is 0.0667. The van der Waals surface area contributed by atoms with E-state index in [1.54, 1.807) is 16.0 Å². The van der Waals surface area contributed by atoms with Gasteiger partial charge >= 0.3 is 6.03 Å². The molecule has 4 aliphatic rings. The van der Waals surface area contributed by atoms with E-state index in [9.17, 15) is 18.7 Å². The molecule has 1 aromatic carbocycles. The molecule has 0 aromatic heterocycles. The molecule has 2 saturated heterocycles. The number of piperidine rings is 1. The van der Waals surface area contributed by atoms with E-state index < -0.39 is 11.6 Å². The fraction of sp³-hybridized carbons (Fsp3) is 0.565. The molecule has 1 aromatic rings. The number of guanidine groups is 1.